The van der Waals surface area contributed by atoms with Gasteiger partial charge in [0, 0.05) is 12.8 Å². The van der Waals surface area contributed by atoms with Crippen LogP contribution in [0.2, 0.25) is 0 Å². The van der Waals surface area contributed by atoms with Crippen LogP contribution in [0.4, 0.5) is 0 Å². The maximum atomic E-state index is 12.8. The second kappa shape index (κ2) is 54.2. The maximum absolute atomic E-state index is 12.8. The predicted octanol–water partition coefficient (Wildman–Crippen LogP) is 15.3. The molecule has 0 radical (unpaired) electrons. The monoisotopic (exact) mass is 1020 g/mol. The van der Waals surface area contributed by atoms with Gasteiger partial charge in [-0.1, -0.05) is 198 Å². The number of carboxylic acids is 1. The number of unbranched alkanes of at least 4 members (excludes halogenated alkanes) is 8. The normalized spacial score (nSPS) is 14.0. The molecule has 0 saturated carbocycles. The number of likely N-dealkylation sites (N-methyl/N-ethyl adjacent to an activating group) is 1. The lowest BCUT2D eigenvalue weighted by molar-refractivity contribution is -0.870. The summed E-state index contributed by atoms with van der Waals surface area (Å²) in [5, 5.41) is 11.7. The Morgan fingerprint density at radius 1 is 0.419 bits per heavy atom. The van der Waals surface area contributed by atoms with E-state index in [0.29, 0.717) is 23.9 Å². The first-order chi connectivity index (χ1) is 36.1. The number of carbonyl (C=O) groups is 3. The van der Waals surface area contributed by atoms with Crippen molar-refractivity contribution >= 4 is 17.9 Å². The van der Waals surface area contributed by atoms with E-state index in [2.05, 4.69) is 172 Å². The van der Waals surface area contributed by atoms with Gasteiger partial charge in [0.2, 0.25) is 0 Å². The molecule has 9 nitrogen and oxygen atoms in total. The molecule has 0 aliphatic rings. The Labute approximate surface area is 451 Å². The minimum atomic E-state index is -1.64. The van der Waals surface area contributed by atoms with E-state index < -0.39 is 30.3 Å². The van der Waals surface area contributed by atoms with Crippen LogP contribution < -0.4 is 5.11 Å². The lowest BCUT2D eigenvalue weighted by Crippen LogP contribution is -2.44. The zero-order valence-electron chi connectivity index (χ0n) is 46.9. The van der Waals surface area contributed by atoms with Crippen LogP contribution in [0.1, 0.15) is 174 Å². The molecule has 0 amide bonds. The van der Waals surface area contributed by atoms with Crippen LogP contribution in [-0.2, 0) is 33.3 Å². The number of hydrogen-bond donors (Lipinski definition) is 0. The third kappa shape index (κ3) is 54.7. The average Bonchev–Trinajstić information content (AvgIpc) is 3.37. The molecule has 74 heavy (non-hydrogen) atoms. The number of hydrogen-bond acceptors (Lipinski definition) is 8. The molecule has 2 atom stereocenters. The Balaban J connectivity index is 4.27. The van der Waals surface area contributed by atoms with Crippen molar-refractivity contribution in [2.45, 2.75) is 187 Å². The van der Waals surface area contributed by atoms with E-state index in [1.165, 1.54) is 6.42 Å². The Bertz CT molecular complexity index is 1760. The van der Waals surface area contributed by atoms with Gasteiger partial charge in [0.05, 0.1) is 40.3 Å². The van der Waals surface area contributed by atoms with Crippen molar-refractivity contribution in [3.63, 3.8) is 0 Å². The van der Waals surface area contributed by atoms with E-state index in [1.54, 1.807) is 0 Å². The second-order valence-electron chi connectivity index (χ2n) is 19.1. The third-order valence-electron chi connectivity index (χ3n) is 11.0. The highest BCUT2D eigenvalue weighted by Gasteiger charge is 2.21. The van der Waals surface area contributed by atoms with Crippen molar-refractivity contribution < 1.29 is 42.9 Å². The first-order valence-electron chi connectivity index (χ1n) is 28.1. The average molecular weight is 1020 g/mol. The lowest BCUT2D eigenvalue weighted by atomic mass is 10.1. The molecule has 0 heterocycles. The summed E-state index contributed by atoms with van der Waals surface area (Å²) in [4.78, 5) is 37.0. The third-order valence-corrected chi connectivity index (χ3v) is 11.0. The number of rotatable bonds is 49. The van der Waals surface area contributed by atoms with Crippen molar-refractivity contribution in [2.24, 2.45) is 0 Å². The summed E-state index contributed by atoms with van der Waals surface area (Å²) in [6, 6.07) is 0. The largest absolute Gasteiger partial charge is 0.545 e. The van der Waals surface area contributed by atoms with Gasteiger partial charge >= 0.3 is 11.9 Å². The highest BCUT2D eigenvalue weighted by Crippen LogP contribution is 2.11. The van der Waals surface area contributed by atoms with Crippen LogP contribution in [0, 0.1) is 0 Å². The second-order valence-corrected chi connectivity index (χ2v) is 19.1. The van der Waals surface area contributed by atoms with E-state index in [-0.39, 0.29) is 32.7 Å². The molecule has 0 aromatic heterocycles. The van der Waals surface area contributed by atoms with Crippen LogP contribution >= 0.6 is 0 Å². The number of ether oxygens (including phenoxy) is 4. The molecule has 0 bridgehead atoms. The summed E-state index contributed by atoms with van der Waals surface area (Å²) in [6.45, 7) is 4.46. The number of carbonyl (C=O) groups excluding carboxylic acids is 3. The highest BCUT2D eigenvalue weighted by atomic mass is 16.7. The SMILES string of the molecule is CC/C=C\C/C=C\C/C=C\C/C=C\C/C=C\C/C=C\C/C=C\C/C=C\C/C=C\C/C=C\C/C=C\C/C=C\CCCCC(=O)OC(COC(=O)CCCCCCC/C=C\CCC)COC(OCC[N+](C)(C)C)C(=O)[O-]. The molecule has 0 rings (SSSR count). The van der Waals surface area contributed by atoms with Crippen molar-refractivity contribution in [1.82, 2.24) is 0 Å². The Morgan fingerprint density at radius 2 is 0.770 bits per heavy atom. The van der Waals surface area contributed by atoms with Crippen molar-refractivity contribution in [1.29, 1.82) is 0 Å². The van der Waals surface area contributed by atoms with E-state index in [1.807, 2.05) is 21.1 Å². The number of esters is 2. The molecule has 0 spiro atoms. The molecular weight excluding hydrogens is 923 g/mol. The lowest BCUT2D eigenvalue weighted by Gasteiger charge is -2.26. The number of aliphatic carboxylic acids is 1. The van der Waals surface area contributed by atoms with E-state index in [0.717, 1.165) is 128 Å². The van der Waals surface area contributed by atoms with Gasteiger partial charge in [-0.3, -0.25) is 9.59 Å². The minimum absolute atomic E-state index is 0.129. The molecule has 0 fully saturated rings. The molecule has 9 heteroatoms. The number of carboxylic acid groups (broad SMARTS) is 1. The fourth-order valence-corrected chi connectivity index (χ4v) is 6.69. The van der Waals surface area contributed by atoms with E-state index in [9.17, 15) is 19.5 Å². The topological polar surface area (TPSA) is 111 Å². The van der Waals surface area contributed by atoms with Gasteiger partial charge < -0.3 is 33.3 Å². The van der Waals surface area contributed by atoms with Crippen LogP contribution in [0.15, 0.2) is 158 Å². The summed E-state index contributed by atoms with van der Waals surface area (Å²) in [5.74, 6) is -2.38. The summed E-state index contributed by atoms with van der Waals surface area (Å²) in [7, 11) is 5.88. The molecule has 0 aromatic rings. The zero-order chi connectivity index (χ0) is 54.1. The summed E-state index contributed by atoms with van der Waals surface area (Å²) < 4.78 is 22.5. The first-order valence-corrected chi connectivity index (χ1v) is 28.1. The molecule has 0 saturated heterocycles. The van der Waals surface area contributed by atoms with E-state index in [4.69, 9.17) is 18.9 Å². The van der Waals surface area contributed by atoms with Gasteiger partial charge in [0.1, 0.15) is 13.2 Å². The predicted molar refractivity (Wildman–Crippen MR) is 310 cm³/mol. The molecule has 0 N–H and O–H groups in total. The van der Waals surface area contributed by atoms with Crippen LogP contribution in [-0.4, -0.2) is 82.3 Å². The summed E-state index contributed by atoms with van der Waals surface area (Å²) >= 11 is 0. The van der Waals surface area contributed by atoms with Gasteiger partial charge in [-0.15, -0.1) is 0 Å². The van der Waals surface area contributed by atoms with Crippen LogP contribution in [0.3, 0.4) is 0 Å². The smallest absolute Gasteiger partial charge is 0.306 e. The van der Waals surface area contributed by atoms with Crippen molar-refractivity contribution in [3.05, 3.63) is 158 Å². The maximum Gasteiger partial charge on any atom is 0.306 e. The number of quaternary nitrogens is 1. The van der Waals surface area contributed by atoms with Gasteiger partial charge in [-0.2, -0.15) is 0 Å². The molecule has 0 aliphatic heterocycles. The molecule has 0 aliphatic carbocycles. The standard InChI is InChI=1S/C65H101NO8/c1-6-8-10-12-14-16-18-19-20-21-22-23-24-25-26-27-28-29-30-31-32-33-34-35-36-37-38-39-40-41-42-43-44-45-46-48-50-52-54-56-63(68)74-61(60-73-65(64(69)70)71-58-57-66(3,4)5)59-72-62(67)55-53-51-49-47-17-15-13-11-9-7-2/h8,10-11,13-14,16,19-20,22-23,25-26,28-29,31-32,34-35,37-38,40-41,43-44,46,48,61,65H,6-7,9,12,15,17-18,21,24,27,30,33,36,39,42,45,47,49-60H2,1-5H3/b10-8-,13-11-,16-14-,20-19-,23-22-,26-25-,29-28-,32-31-,35-34-,38-37-,41-40-,44-43-,48-46-. The molecular formula is C65H101NO8. The van der Waals surface area contributed by atoms with Crippen LogP contribution in [0.5, 0.6) is 0 Å². The molecule has 0 aromatic carbocycles. The van der Waals surface area contributed by atoms with Crippen LogP contribution in [0.25, 0.3) is 0 Å². The quantitative estimate of drug-likeness (QED) is 0.0195. The van der Waals surface area contributed by atoms with Gasteiger partial charge in [-0.25, -0.2) is 0 Å². The summed E-state index contributed by atoms with van der Waals surface area (Å²) in [6.07, 6.45) is 77.5. The Hall–Kier alpha value is -5.09. The van der Waals surface area contributed by atoms with E-state index >= 15 is 0 Å². The molecule has 2 unspecified atom stereocenters. The van der Waals surface area contributed by atoms with Gasteiger partial charge in [-0.05, 0) is 122 Å². The van der Waals surface area contributed by atoms with Crippen molar-refractivity contribution in [2.75, 3.05) is 47.5 Å². The van der Waals surface area contributed by atoms with Gasteiger partial charge in [0.25, 0.3) is 0 Å². The molecule has 414 valence electrons. The first kappa shape index (κ1) is 68.9. The summed E-state index contributed by atoms with van der Waals surface area (Å²) in [5.41, 5.74) is 0. The fourth-order valence-electron chi connectivity index (χ4n) is 6.69. The van der Waals surface area contributed by atoms with Crippen molar-refractivity contribution in [3.8, 4) is 0 Å². The zero-order valence-corrected chi connectivity index (χ0v) is 46.9. The Morgan fingerprint density at radius 3 is 1.19 bits per heavy atom. The number of allylic oxidation sites excluding steroid dienone is 26. The van der Waals surface area contributed by atoms with Gasteiger partial charge in [0.15, 0.2) is 12.4 Å². The minimum Gasteiger partial charge on any atom is -0.545 e. The number of nitrogens with zero attached hydrogens (tertiary/aromatic N) is 1. The fraction of sp³-hybridized carbons (Fsp3) is 0.554. The Kier molecular flexibility index (Phi) is 50.5. The highest BCUT2D eigenvalue weighted by molar-refractivity contribution is 5.70.